The first-order valence-electron chi connectivity index (χ1n) is 5.53. The van der Waals surface area contributed by atoms with E-state index < -0.39 is 0 Å². The van der Waals surface area contributed by atoms with Gasteiger partial charge in [-0.1, -0.05) is 25.1 Å². The maximum Gasteiger partial charge on any atom is 0.0616 e. The number of rotatable bonds is 1. The van der Waals surface area contributed by atoms with E-state index in [2.05, 4.69) is 25.1 Å². The van der Waals surface area contributed by atoms with Gasteiger partial charge >= 0.3 is 0 Å². The van der Waals surface area contributed by atoms with Gasteiger partial charge in [0.25, 0.3) is 0 Å². The van der Waals surface area contributed by atoms with Crippen LogP contribution in [0.1, 0.15) is 47.8 Å². The number of benzene rings is 1. The summed E-state index contributed by atoms with van der Waals surface area (Å²) >= 11 is 6.39. The molecule has 0 bridgehead atoms. The van der Waals surface area contributed by atoms with Crippen LogP contribution in [-0.4, -0.2) is 0 Å². The number of halogens is 1. The van der Waals surface area contributed by atoms with Crippen molar-refractivity contribution < 1.29 is 0 Å². The molecule has 2 aliphatic carbocycles. The largest absolute Gasteiger partial charge is 0.118 e. The Bertz CT molecular complexity index is 365. The Hall–Kier alpha value is -0.490. The molecule has 14 heavy (non-hydrogen) atoms. The van der Waals surface area contributed by atoms with Crippen molar-refractivity contribution in [2.45, 2.75) is 37.5 Å². The predicted octanol–water partition coefficient (Wildman–Crippen LogP) is 4.04. The molecule has 1 heteroatoms. The van der Waals surface area contributed by atoms with Crippen LogP contribution in [0.4, 0.5) is 0 Å². The minimum absolute atomic E-state index is 0.253. The molecule has 1 saturated carbocycles. The third kappa shape index (κ3) is 1.20. The average Bonchev–Trinajstić information content (AvgIpc) is 2.96. The summed E-state index contributed by atoms with van der Waals surface area (Å²) in [5.74, 6) is 1.48. The van der Waals surface area contributed by atoms with Gasteiger partial charge in [0.05, 0.1) is 5.38 Å². The van der Waals surface area contributed by atoms with Crippen LogP contribution in [-0.2, 0) is 6.42 Å². The van der Waals surface area contributed by atoms with Gasteiger partial charge in [0.2, 0.25) is 0 Å². The van der Waals surface area contributed by atoms with Gasteiger partial charge in [-0.3, -0.25) is 0 Å². The van der Waals surface area contributed by atoms with E-state index in [0.717, 1.165) is 5.92 Å². The minimum Gasteiger partial charge on any atom is -0.118 e. The molecule has 0 radical (unpaired) electrons. The number of alkyl halides is 1. The first kappa shape index (κ1) is 8.79. The fraction of sp³-hybridized carbons (Fsp3) is 0.538. The van der Waals surface area contributed by atoms with Crippen LogP contribution < -0.4 is 0 Å². The van der Waals surface area contributed by atoms with E-state index in [0.29, 0.717) is 5.92 Å². The van der Waals surface area contributed by atoms with Crippen molar-refractivity contribution in [2.75, 3.05) is 0 Å². The molecule has 0 N–H and O–H groups in total. The summed E-state index contributed by atoms with van der Waals surface area (Å²) in [6, 6.07) is 6.69. The van der Waals surface area contributed by atoms with Crippen molar-refractivity contribution in [1.82, 2.24) is 0 Å². The van der Waals surface area contributed by atoms with Crippen LogP contribution in [0.3, 0.4) is 0 Å². The molecule has 74 valence electrons. The van der Waals surface area contributed by atoms with Gasteiger partial charge < -0.3 is 0 Å². The summed E-state index contributed by atoms with van der Waals surface area (Å²) in [6.07, 6.45) is 3.96. The van der Waals surface area contributed by atoms with Crippen LogP contribution in [0.2, 0.25) is 0 Å². The maximum atomic E-state index is 6.39. The molecule has 2 atom stereocenters. The Kier molecular flexibility index (Phi) is 1.88. The average molecular weight is 207 g/mol. The monoisotopic (exact) mass is 206 g/mol. The Morgan fingerprint density at radius 3 is 2.64 bits per heavy atom. The van der Waals surface area contributed by atoms with Crippen molar-refractivity contribution in [3.63, 3.8) is 0 Å². The molecule has 2 unspecified atom stereocenters. The number of hydrogen-bond acceptors (Lipinski definition) is 0. The predicted molar refractivity (Wildman–Crippen MR) is 59.9 cm³/mol. The molecular formula is C13H15Cl. The summed E-state index contributed by atoms with van der Waals surface area (Å²) in [5, 5.41) is 0.253. The first-order valence-corrected chi connectivity index (χ1v) is 5.97. The van der Waals surface area contributed by atoms with Crippen molar-refractivity contribution >= 4 is 11.6 Å². The van der Waals surface area contributed by atoms with Crippen LogP contribution in [0.15, 0.2) is 18.2 Å². The number of hydrogen-bond donors (Lipinski definition) is 0. The van der Waals surface area contributed by atoms with E-state index in [1.54, 1.807) is 11.1 Å². The summed E-state index contributed by atoms with van der Waals surface area (Å²) in [7, 11) is 0. The molecule has 3 rings (SSSR count). The minimum atomic E-state index is 0.253. The molecule has 0 aliphatic heterocycles. The second-order valence-electron chi connectivity index (χ2n) is 4.77. The second-order valence-corrected chi connectivity index (χ2v) is 5.24. The normalized spacial score (nSPS) is 30.4. The van der Waals surface area contributed by atoms with E-state index in [4.69, 9.17) is 11.6 Å². The van der Waals surface area contributed by atoms with Gasteiger partial charge in [-0.15, -0.1) is 11.6 Å². The second kappa shape index (κ2) is 3.00. The lowest BCUT2D eigenvalue weighted by atomic mass is 10.00. The van der Waals surface area contributed by atoms with Crippen LogP contribution in [0.25, 0.3) is 0 Å². The zero-order valence-electron chi connectivity index (χ0n) is 8.46. The molecule has 0 heterocycles. The molecule has 0 nitrogen and oxygen atoms in total. The quantitative estimate of drug-likeness (QED) is 0.609. The zero-order valence-corrected chi connectivity index (χ0v) is 9.22. The van der Waals surface area contributed by atoms with Crippen LogP contribution >= 0.6 is 11.6 Å². The molecule has 0 spiro atoms. The molecule has 0 amide bonds. The molecule has 0 saturated heterocycles. The smallest absolute Gasteiger partial charge is 0.0616 e. The molecule has 0 aromatic heterocycles. The lowest BCUT2D eigenvalue weighted by Gasteiger charge is -2.07. The highest BCUT2D eigenvalue weighted by Gasteiger charge is 2.33. The summed E-state index contributed by atoms with van der Waals surface area (Å²) < 4.78 is 0. The molecular weight excluding hydrogens is 192 g/mol. The third-order valence-corrected chi connectivity index (χ3v) is 4.25. The lowest BCUT2D eigenvalue weighted by molar-refractivity contribution is 0.607. The van der Waals surface area contributed by atoms with E-state index in [1.807, 2.05) is 0 Å². The van der Waals surface area contributed by atoms with Gasteiger partial charge in [-0.25, -0.2) is 0 Å². The Balaban J connectivity index is 2.10. The van der Waals surface area contributed by atoms with E-state index in [1.165, 1.54) is 24.8 Å². The Morgan fingerprint density at radius 1 is 1.21 bits per heavy atom. The standard InChI is InChI=1S/C13H15Cl/c1-8-7-12-10(9-5-6-9)3-2-4-11(12)13(8)14/h2-4,8-9,13H,5-7H2,1H3. The highest BCUT2D eigenvalue weighted by Crippen LogP contribution is 2.48. The van der Waals surface area contributed by atoms with Crippen molar-refractivity contribution in [1.29, 1.82) is 0 Å². The zero-order chi connectivity index (χ0) is 9.71. The maximum absolute atomic E-state index is 6.39. The van der Waals surface area contributed by atoms with Gasteiger partial charge in [0.15, 0.2) is 0 Å². The van der Waals surface area contributed by atoms with Crippen LogP contribution in [0, 0.1) is 5.92 Å². The van der Waals surface area contributed by atoms with E-state index in [-0.39, 0.29) is 5.38 Å². The fourth-order valence-electron chi connectivity index (χ4n) is 2.63. The summed E-state index contributed by atoms with van der Waals surface area (Å²) in [4.78, 5) is 0. The van der Waals surface area contributed by atoms with Crippen molar-refractivity contribution in [3.8, 4) is 0 Å². The summed E-state index contributed by atoms with van der Waals surface area (Å²) in [5.41, 5.74) is 4.57. The van der Waals surface area contributed by atoms with Gasteiger partial charge in [-0.05, 0) is 47.8 Å². The SMILES string of the molecule is CC1Cc2c(C3CC3)cccc2C1Cl. The highest BCUT2D eigenvalue weighted by molar-refractivity contribution is 6.21. The van der Waals surface area contributed by atoms with Crippen LogP contribution in [0.5, 0.6) is 0 Å². The van der Waals surface area contributed by atoms with Crippen molar-refractivity contribution in [3.05, 3.63) is 34.9 Å². The van der Waals surface area contributed by atoms with Gasteiger partial charge in [-0.2, -0.15) is 0 Å². The fourth-order valence-corrected chi connectivity index (χ4v) is 2.92. The summed E-state index contributed by atoms with van der Waals surface area (Å²) in [6.45, 7) is 2.26. The third-order valence-electron chi connectivity index (χ3n) is 3.59. The Morgan fingerprint density at radius 2 is 1.93 bits per heavy atom. The Labute approximate surface area is 90.3 Å². The molecule has 1 aromatic carbocycles. The van der Waals surface area contributed by atoms with Gasteiger partial charge in [0.1, 0.15) is 0 Å². The van der Waals surface area contributed by atoms with E-state index in [9.17, 15) is 0 Å². The van der Waals surface area contributed by atoms with Crippen molar-refractivity contribution in [2.24, 2.45) is 5.92 Å². The van der Waals surface area contributed by atoms with Gasteiger partial charge in [0, 0.05) is 0 Å². The highest BCUT2D eigenvalue weighted by atomic mass is 35.5. The molecule has 2 aliphatic rings. The number of fused-ring (bicyclic) bond motifs is 1. The topological polar surface area (TPSA) is 0 Å². The molecule has 1 aromatic rings. The molecule has 1 fully saturated rings. The first-order chi connectivity index (χ1) is 6.77. The lowest BCUT2D eigenvalue weighted by Crippen LogP contribution is -1.94. The van der Waals surface area contributed by atoms with E-state index >= 15 is 0 Å².